The van der Waals surface area contributed by atoms with Crippen molar-refractivity contribution >= 4 is 11.9 Å². The van der Waals surface area contributed by atoms with Crippen molar-refractivity contribution < 1.29 is 19.1 Å². The smallest absolute Gasteiger partial charge is 0.326 e. The van der Waals surface area contributed by atoms with Crippen LogP contribution in [0.2, 0.25) is 0 Å². The lowest BCUT2D eigenvalue weighted by molar-refractivity contribution is -0.162. The molecule has 0 bridgehead atoms. The molecule has 1 aliphatic carbocycles. The molecular weight excluding hydrogens is 320 g/mol. The van der Waals surface area contributed by atoms with Gasteiger partial charge in [-0.15, -0.1) is 0 Å². The van der Waals surface area contributed by atoms with Crippen LogP contribution in [0.3, 0.4) is 0 Å². The van der Waals surface area contributed by atoms with Gasteiger partial charge in [-0.25, -0.2) is 0 Å². The Balaban J connectivity index is 2.32. The minimum atomic E-state index is -1.76. The van der Waals surface area contributed by atoms with Gasteiger partial charge >= 0.3 is 11.9 Å². The number of esters is 2. The van der Waals surface area contributed by atoms with Crippen molar-refractivity contribution in [3.05, 3.63) is 66.0 Å². The standard InChI is InChI=1S/C19H16N2O4/c1-24-16(22)19(17(23)25-2)15(13-6-4-3-5-7-13)18(19,12-20)14-8-10-21-11-9-14/h3-11,15H,1-2H3/t15-,18-/m1/s1. The average molecular weight is 336 g/mol. The van der Waals surface area contributed by atoms with E-state index in [1.165, 1.54) is 26.6 Å². The van der Waals surface area contributed by atoms with E-state index in [2.05, 4.69) is 11.1 Å². The lowest BCUT2D eigenvalue weighted by Crippen LogP contribution is -2.36. The molecule has 1 aliphatic rings. The first-order valence-corrected chi connectivity index (χ1v) is 7.64. The van der Waals surface area contributed by atoms with Crippen LogP contribution < -0.4 is 0 Å². The van der Waals surface area contributed by atoms with Gasteiger partial charge < -0.3 is 9.47 Å². The summed E-state index contributed by atoms with van der Waals surface area (Å²) in [6.07, 6.45) is 3.04. The van der Waals surface area contributed by atoms with E-state index in [1.54, 1.807) is 36.4 Å². The molecule has 0 amide bonds. The Labute approximate surface area is 145 Å². The Morgan fingerprint density at radius 1 is 1.04 bits per heavy atom. The summed E-state index contributed by atoms with van der Waals surface area (Å²) in [5.74, 6) is -2.29. The van der Waals surface area contributed by atoms with E-state index >= 15 is 0 Å². The van der Waals surface area contributed by atoms with Crippen molar-refractivity contribution in [1.29, 1.82) is 5.26 Å². The normalized spacial score (nSPS) is 23.2. The van der Waals surface area contributed by atoms with Gasteiger partial charge in [0.25, 0.3) is 0 Å². The lowest BCUT2D eigenvalue weighted by atomic mass is 9.87. The largest absolute Gasteiger partial charge is 0.468 e. The molecule has 1 heterocycles. The maximum atomic E-state index is 12.7. The molecular formula is C19H16N2O4. The number of ether oxygens (including phenoxy) is 2. The molecule has 0 unspecified atom stereocenters. The Hall–Kier alpha value is -3.20. The Morgan fingerprint density at radius 3 is 2.08 bits per heavy atom. The fourth-order valence-electron chi connectivity index (χ4n) is 3.81. The van der Waals surface area contributed by atoms with Crippen LogP contribution in [-0.2, 0) is 24.5 Å². The SMILES string of the molecule is COC(=O)C1(C(=O)OC)[C@H](c2ccccc2)[C@@]1(C#N)c1ccncc1. The lowest BCUT2D eigenvalue weighted by Gasteiger charge is -2.16. The van der Waals surface area contributed by atoms with E-state index in [-0.39, 0.29) is 0 Å². The highest BCUT2D eigenvalue weighted by atomic mass is 16.5. The summed E-state index contributed by atoms with van der Waals surface area (Å²) in [5, 5.41) is 10.1. The van der Waals surface area contributed by atoms with Gasteiger partial charge in [-0.3, -0.25) is 14.6 Å². The van der Waals surface area contributed by atoms with Crippen LogP contribution in [0, 0.1) is 16.7 Å². The maximum absolute atomic E-state index is 12.7. The summed E-state index contributed by atoms with van der Waals surface area (Å²) in [6.45, 7) is 0. The van der Waals surface area contributed by atoms with Crippen molar-refractivity contribution in [2.24, 2.45) is 5.41 Å². The molecule has 3 rings (SSSR count). The van der Waals surface area contributed by atoms with Crippen molar-refractivity contribution in [2.75, 3.05) is 14.2 Å². The van der Waals surface area contributed by atoms with E-state index in [0.29, 0.717) is 11.1 Å². The summed E-state index contributed by atoms with van der Waals surface area (Å²) in [4.78, 5) is 29.4. The van der Waals surface area contributed by atoms with Gasteiger partial charge in [0.05, 0.1) is 20.3 Å². The first-order valence-electron chi connectivity index (χ1n) is 7.64. The van der Waals surface area contributed by atoms with Gasteiger partial charge in [0, 0.05) is 18.3 Å². The van der Waals surface area contributed by atoms with Gasteiger partial charge in [0.2, 0.25) is 0 Å². The van der Waals surface area contributed by atoms with Crippen LogP contribution in [0.4, 0.5) is 0 Å². The fourth-order valence-corrected chi connectivity index (χ4v) is 3.81. The monoisotopic (exact) mass is 336 g/mol. The van der Waals surface area contributed by atoms with Gasteiger partial charge in [-0.05, 0) is 23.3 Å². The summed E-state index contributed by atoms with van der Waals surface area (Å²) >= 11 is 0. The summed E-state index contributed by atoms with van der Waals surface area (Å²) < 4.78 is 9.85. The predicted octanol–water partition coefficient (Wildman–Crippen LogP) is 1.97. The molecule has 2 aromatic rings. The zero-order valence-electron chi connectivity index (χ0n) is 13.8. The highest BCUT2D eigenvalue weighted by Gasteiger charge is 2.88. The molecule has 0 aliphatic heterocycles. The van der Waals surface area contributed by atoms with E-state index < -0.39 is 28.7 Å². The zero-order valence-corrected chi connectivity index (χ0v) is 13.8. The second-order valence-electron chi connectivity index (χ2n) is 5.79. The van der Waals surface area contributed by atoms with Crippen LogP contribution in [0.1, 0.15) is 17.0 Å². The van der Waals surface area contributed by atoms with Crippen molar-refractivity contribution in [2.45, 2.75) is 11.3 Å². The number of aromatic nitrogens is 1. The average Bonchev–Trinajstić information content (AvgIpc) is 3.33. The number of benzene rings is 1. The third-order valence-corrected chi connectivity index (χ3v) is 4.86. The van der Waals surface area contributed by atoms with E-state index in [9.17, 15) is 14.9 Å². The molecule has 0 spiro atoms. The molecule has 1 saturated carbocycles. The highest BCUT2D eigenvalue weighted by Crippen LogP contribution is 2.75. The van der Waals surface area contributed by atoms with E-state index in [4.69, 9.17) is 9.47 Å². The van der Waals surface area contributed by atoms with E-state index in [1.807, 2.05) is 6.07 Å². The molecule has 6 heteroatoms. The van der Waals surface area contributed by atoms with Crippen LogP contribution in [0.15, 0.2) is 54.9 Å². The molecule has 1 aromatic heterocycles. The number of hydrogen-bond donors (Lipinski definition) is 0. The maximum Gasteiger partial charge on any atom is 0.326 e. The van der Waals surface area contributed by atoms with Crippen LogP contribution in [-0.4, -0.2) is 31.1 Å². The third kappa shape index (κ3) is 1.99. The van der Waals surface area contributed by atoms with Crippen LogP contribution >= 0.6 is 0 Å². The number of hydrogen-bond acceptors (Lipinski definition) is 6. The molecule has 25 heavy (non-hydrogen) atoms. The zero-order chi connectivity index (χ0) is 18.1. The number of methoxy groups -OCH3 is 2. The van der Waals surface area contributed by atoms with Crippen molar-refractivity contribution in [3.63, 3.8) is 0 Å². The number of rotatable bonds is 4. The highest BCUT2D eigenvalue weighted by molar-refractivity contribution is 6.10. The summed E-state index contributed by atoms with van der Waals surface area (Å²) in [6, 6.07) is 14.4. The molecule has 2 atom stereocenters. The van der Waals surface area contributed by atoms with Crippen molar-refractivity contribution in [3.8, 4) is 6.07 Å². The second-order valence-corrected chi connectivity index (χ2v) is 5.79. The van der Waals surface area contributed by atoms with E-state index in [0.717, 1.165) is 0 Å². The Morgan fingerprint density at radius 2 is 1.60 bits per heavy atom. The van der Waals surface area contributed by atoms with Gasteiger partial charge in [-0.1, -0.05) is 30.3 Å². The Bertz CT molecular complexity index is 829. The number of carbonyl (C=O) groups excluding carboxylic acids is 2. The first-order chi connectivity index (χ1) is 12.1. The van der Waals surface area contributed by atoms with Crippen LogP contribution in [0.25, 0.3) is 0 Å². The summed E-state index contributed by atoms with van der Waals surface area (Å²) in [7, 11) is 2.39. The molecule has 0 saturated heterocycles. The second kappa shape index (κ2) is 6.02. The number of nitriles is 1. The number of nitrogens with zero attached hydrogens (tertiary/aromatic N) is 2. The minimum Gasteiger partial charge on any atom is -0.468 e. The molecule has 6 nitrogen and oxygen atoms in total. The summed E-state index contributed by atoms with van der Waals surface area (Å²) in [5.41, 5.74) is -1.96. The van der Waals surface area contributed by atoms with Gasteiger partial charge in [0.1, 0.15) is 5.41 Å². The molecule has 1 fully saturated rings. The fraction of sp³-hybridized carbons (Fsp3) is 0.263. The molecule has 126 valence electrons. The van der Waals surface area contributed by atoms with Gasteiger partial charge in [0.15, 0.2) is 5.41 Å². The number of carbonyl (C=O) groups is 2. The Kier molecular flexibility index (Phi) is 4.01. The number of pyridine rings is 1. The minimum absolute atomic E-state index is 0.523. The quantitative estimate of drug-likeness (QED) is 0.626. The van der Waals surface area contributed by atoms with Gasteiger partial charge in [-0.2, -0.15) is 5.26 Å². The third-order valence-electron chi connectivity index (χ3n) is 4.86. The topological polar surface area (TPSA) is 89.3 Å². The first kappa shape index (κ1) is 16.7. The molecule has 0 N–H and O–H groups in total. The predicted molar refractivity (Wildman–Crippen MR) is 87.2 cm³/mol. The van der Waals surface area contributed by atoms with Crippen LogP contribution in [0.5, 0.6) is 0 Å². The molecule has 0 radical (unpaired) electrons. The van der Waals surface area contributed by atoms with Crippen molar-refractivity contribution in [1.82, 2.24) is 4.98 Å². The molecule has 1 aromatic carbocycles.